The first kappa shape index (κ1) is 17.5. The third kappa shape index (κ3) is 4.46. The number of aliphatic carboxylic acids is 1. The summed E-state index contributed by atoms with van der Waals surface area (Å²) in [5.41, 5.74) is 0.712. The van der Waals surface area contributed by atoms with Crippen molar-refractivity contribution in [2.75, 3.05) is 11.9 Å². The Balaban J connectivity index is 2.70. The van der Waals surface area contributed by atoms with Crippen LogP contribution < -0.4 is 10.6 Å². The van der Waals surface area contributed by atoms with E-state index in [9.17, 15) is 14.7 Å². The number of halogens is 1. The Kier molecular flexibility index (Phi) is 6.20. The number of carbonyl (C=O) groups is 2. The summed E-state index contributed by atoms with van der Waals surface area (Å²) in [6.45, 7) is 5.63. The van der Waals surface area contributed by atoms with Crippen LogP contribution in [0, 0.1) is 12.3 Å². The van der Waals surface area contributed by atoms with E-state index in [1.165, 1.54) is 0 Å². The minimum atomic E-state index is -0.913. The van der Waals surface area contributed by atoms with E-state index in [0.29, 0.717) is 18.5 Å². The maximum absolute atomic E-state index is 11.9. The van der Waals surface area contributed by atoms with Crippen LogP contribution in [0.4, 0.5) is 10.5 Å². The molecule has 6 heteroatoms. The summed E-state index contributed by atoms with van der Waals surface area (Å²) < 4.78 is 0.866. The molecule has 3 N–H and O–H groups in total. The highest BCUT2D eigenvalue weighted by atomic mass is 79.9. The monoisotopic (exact) mass is 356 g/mol. The highest BCUT2D eigenvalue weighted by molar-refractivity contribution is 9.10. The Morgan fingerprint density at radius 1 is 1.29 bits per heavy atom. The maximum atomic E-state index is 11.9. The summed E-state index contributed by atoms with van der Waals surface area (Å²) in [5.74, 6) is -0.883. The number of aryl methyl sites for hydroxylation is 1. The fourth-order valence-electron chi connectivity index (χ4n) is 2.02. The zero-order valence-electron chi connectivity index (χ0n) is 12.5. The van der Waals surface area contributed by atoms with Gasteiger partial charge in [0.1, 0.15) is 0 Å². The van der Waals surface area contributed by atoms with Crippen LogP contribution in [0.5, 0.6) is 0 Å². The molecule has 1 aromatic carbocycles. The van der Waals surface area contributed by atoms with Crippen LogP contribution in [0.2, 0.25) is 0 Å². The number of benzene rings is 1. The van der Waals surface area contributed by atoms with Gasteiger partial charge < -0.3 is 15.7 Å². The van der Waals surface area contributed by atoms with E-state index in [2.05, 4.69) is 26.6 Å². The van der Waals surface area contributed by atoms with Crippen molar-refractivity contribution in [3.8, 4) is 0 Å². The first-order valence-electron chi connectivity index (χ1n) is 6.89. The second-order valence-corrected chi connectivity index (χ2v) is 5.98. The molecule has 0 unspecified atom stereocenters. The number of amides is 2. The zero-order valence-corrected chi connectivity index (χ0v) is 14.1. The van der Waals surface area contributed by atoms with Gasteiger partial charge in [-0.05, 0) is 37.5 Å². The lowest BCUT2D eigenvalue weighted by Crippen LogP contribution is -2.43. The molecule has 0 aliphatic rings. The fraction of sp³-hybridized carbons (Fsp3) is 0.467. The van der Waals surface area contributed by atoms with Crippen molar-refractivity contribution in [2.45, 2.75) is 33.6 Å². The van der Waals surface area contributed by atoms with Crippen molar-refractivity contribution in [1.82, 2.24) is 5.32 Å². The fourth-order valence-corrected chi connectivity index (χ4v) is 2.38. The van der Waals surface area contributed by atoms with Gasteiger partial charge in [-0.1, -0.05) is 35.8 Å². The first-order valence-corrected chi connectivity index (χ1v) is 7.68. The molecular formula is C15H21BrN2O3. The second kappa shape index (κ2) is 7.45. The summed E-state index contributed by atoms with van der Waals surface area (Å²) in [6.07, 6.45) is 0.935. The van der Waals surface area contributed by atoms with Crippen molar-refractivity contribution >= 4 is 33.6 Å². The number of rotatable bonds is 6. The summed E-state index contributed by atoms with van der Waals surface area (Å²) in [6, 6.07) is 5.18. The predicted octanol–water partition coefficient (Wildman–Crippen LogP) is 3.77. The summed E-state index contributed by atoms with van der Waals surface area (Å²) in [4.78, 5) is 23.3. The number of urea groups is 1. The molecule has 0 heterocycles. The molecule has 0 fully saturated rings. The molecule has 0 saturated carbocycles. The molecule has 1 rings (SSSR count). The lowest BCUT2D eigenvalue weighted by Gasteiger charge is -2.26. The molecule has 2 amide bonds. The van der Waals surface area contributed by atoms with Gasteiger partial charge >= 0.3 is 12.0 Å². The Morgan fingerprint density at radius 2 is 1.90 bits per heavy atom. The quantitative estimate of drug-likeness (QED) is 0.725. The lowest BCUT2D eigenvalue weighted by atomic mass is 9.82. The normalized spacial score (nSPS) is 11.0. The standard InChI is InChI=1S/C15H21BrN2O3/c1-4-15(5-2,13(19)20)9-17-14(21)18-12-8-11(16)7-6-10(12)3/h6-8H,4-5,9H2,1-3H3,(H,19,20)(H2,17,18,21). The molecule has 0 saturated heterocycles. The van der Waals surface area contributed by atoms with Gasteiger partial charge in [-0.3, -0.25) is 4.79 Å². The molecule has 0 bridgehead atoms. The number of hydrogen-bond acceptors (Lipinski definition) is 2. The zero-order chi connectivity index (χ0) is 16.0. The van der Waals surface area contributed by atoms with E-state index < -0.39 is 17.4 Å². The lowest BCUT2D eigenvalue weighted by molar-refractivity contribution is -0.149. The minimum Gasteiger partial charge on any atom is -0.481 e. The van der Waals surface area contributed by atoms with Crippen LogP contribution in [0.15, 0.2) is 22.7 Å². The van der Waals surface area contributed by atoms with Crippen molar-refractivity contribution < 1.29 is 14.7 Å². The van der Waals surface area contributed by atoms with Gasteiger partial charge in [0.05, 0.1) is 5.41 Å². The van der Waals surface area contributed by atoms with E-state index in [1.54, 1.807) is 6.07 Å². The Hall–Kier alpha value is -1.56. The van der Waals surface area contributed by atoms with E-state index in [4.69, 9.17) is 0 Å². The number of carbonyl (C=O) groups excluding carboxylic acids is 1. The molecule has 0 radical (unpaired) electrons. The number of nitrogens with one attached hydrogen (secondary N) is 2. The largest absolute Gasteiger partial charge is 0.481 e. The highest BCUT2D eigenvalue weighted by Crippen LogP contribution is 2.26. The number of carboxylic acids is 1. The highest BCUT2D eigenvalue weighted by Gasteiger charge is 2.35. The minimum absolute atomic E-state index is 0.105. The SMILES string of the molecule is CCC(CC)(CNC(=O)Nc1cc(Br)ccc1C)C(=O)O. The van der Waals surface area contributed by atoms with Crippen molar-refractivity contribution in [3.63, 3.8) is 0 Å². The van der Waals surface area contributed by atoms with Gasteiger partial charge in [0.25, 0.3) is 0 Å². The van der Waals surface area contributed by atoms with Gasteiger partial charge in [-0.15, -0.1) is 0 Å². The average Bonchev–Trinajstić information content (AvgIpc) is 2.44. The second-order valence-electron chi connectivity index (χ2n) is 5.06. The van der Waals surface area contributed by atoms with Crippen LogP contribution in [0.3, 0.4) is 0 Å². The van der Waals surface area contributed by atoms with E-state index in [0.717, 1.165) is 10.0 Å². The molecule has 1 aromatic rings. The Labute approximate surface area is 133 Å². The molecule has 0 spiro atoms. The molecular weight excluding hydrogens is 336 g/mol. The van der Waals surface area contributed by atoms with Crippen LogP contribution >= 0.6 is 15.9 Å². The summed E-state index contributed by atoms with van der Waals surface area (Å²) >= 11 is 3.35. The van der Waals surface area contributed by atoms with Crippen LogP contribution in [-0.4, -0.2) is 23.7 Å². The van der Waals surface area contributed by atoms with Gasteiger partial charge in [-0.2, -0.15) is 0 Å². The third-order valence-corrected chi connectivity index (χ3v) is 4.34. The number of anilines is 1. The van der Waals surface area contributed by atoms with Crippen LogP contribution in [0.1, 0.15) is 32.3 Å². The van der Waals surface area contributed by atoms with E-state index >= 15 is 0 Å². The topological polar surface area (TPSA) is 78.4 Å². The molecule has 0 aliphatic heterocycles. The molecule has 116 valence electrons. The summed E-state index contributed by atoms with van der Waals surface area (Å²) in [7, 11) is 0. The first-order chi connectivity index (χ1) is 9.84. The molecule has 0 aromatic heterocycles. The van der Waals surface area contributed by atoms with E-state index in [-0.39, 0.29) is 6.54 Å². The van der Waals surface area contributed by atoms with Gasteiger partial charge in [0.2, 0.25) is 0 Å². The predicted molar refractivity (Wildman–Crippen MR) is 86.6 cm³/mol. The average molecular weight is 357 g/mol. The smallest absolute Gasteiger partial charge is 0.319 e. The Bertz CT molecular complexity index is 528. The van der Waals surface area contributed by atoms with Crippen LogP contribution in [-0.2, 0) is 4.79 Å². The number of hydrogen-bond donors (Lipinski definition) is 3. The molecule has 5 nitrogen and oxygen atoms in total. The Morgan fingerprint density at radius 3 is 2.43 bits per heavy atom. The van der Waals surface area contributed by atoms with Gasteiger partial charge in [0.15, 0.2) is 0 Å². The maximum Gasteiger partial charge on any atom is 0.319 e. The molecule has 0 aliphatic carbocycles. The van der Waals surface area contributed by atoms with E-state index in [1.807, 2.05) is 32.9 Å². The number of carboxylic acid groups (broad SMARTS) is 1. The molecule has 21 heavy (non-hydrogen) atoms. The third-order valence-electron chi connectivity index (χ3n) is 3.84. The van der Waals surface area contributed by atoms with Gasteiger partial charge in [-0.25, -0.2) is 4.79 Å². The molecule has 0 atom stereocenters. The van der Waals surface area contributed by atoms with Crippen molar-refractivity contribution in [3.05, 3.63) is 28.2 Å². The van der Waals surface area contributed by atoms with Crippen molar-refractivity contribution in [1.29, 1.82) is 0 Å². The van der Waals surface area contributed by atoms with Gasteiger partial charge in [0, 0.05) is 16.7 Å². The summed E-state index contributed by atoms with van der Waals surface area (Å²) in [5, 5.41) is 14.7. The van der Waals surface area contributed by atoms with Crippen molar-refractivity contribution in [2.24, 2.45) is 5.41 Å². The van der Waals surface area contributed by atoms with Crippen LogP contribution in [0.25, 0.3) is 0 Å².